The summed E-state index contributed by atoms with van der Waals surface area (Å²) in [6.07, 6.45) is -3.17. The van der Waals surface area contributed by atoms with Crippen LogP contribution in [0.1, 0.15) is 18.4 Å². The van der Waals surface area contributed by atoms with Gasteiger partial charge < -0.3 is 14.9 Å². The van der Waals surface area contributed by atoms with Gasteiger partial charge in [0.05, 0.1) is 12.2 Å². The average Bonchev–Trinajstić information content (AvgIpc) is 2.99. The zero-order chi connectivity index (χ0) is 12.6. The summed E-state index contributed by atoms with van der Waals surface area (Å²) >= 11 is 0. The number of nitro groups is 1. The topological polar surface area (TPSA) is 65.3 Å². The average molecular weight is 248 g/mol. The molecule has 1 fully saturated rings. The maximum absolute atomic E-state index is 12.6. The lowest BCUT2D eigenvalue weighted by molar-refractivity contribution is -0.389. The molecule has 0 unspecified atom stereocenters. The van der Waals surface area contributed by atoms with Gasteiger partial charge in [-0.1, -0.05) is 0 Å². The summed E-state index contributed by atoms with van der Waals surface area (Å²) in [7, 11) is 0. The van der Waals surface area contributed by atoms with Crippen molar-refractivity contribution in [3.05, 3.63) is 27.9 Å². The summed E-state index contributed by atoms with van der Waals surface area (Å²) in [6, 6.07) is 0.709. The van der Waals surface area contributed by atoms with Gasteiger partial charge in [0.25, 0.3) is 0 Å². The molecule has 17 heavy (non-hydrogen) atoms. The summed E-state index contributed by atoms with van der Waals surface area (Å²) < 4.78 is 42.7. The van der Waals surface area contributed by atoms with Crippen LogP contribution in [0.4, 0.5) is 19.0 Å². The third kappa shape index (κ3) is 2.63. The molecular weight excluding hydrogens is 241 g/mol. The molecule has 0 saturated heterocycles. The van der Waals surface area contributed by atoms with E-state index in [-0.39, 0.29) is 6.10 Å². The summed E-state index contributed by atoms with van der Waals surface area (Å²) in [4.78, 5) is 12.7. The van der Waals surface area contributed by atoms with Crippen LogP contribution in [0, 0.1) is 10.1 Å². The minimum Gasteiger partial charge on any atom is -0.489 e. The van der Waals surface area contributed by atoms with Crippen LogP contribution in [0.25, 0.3) is 0 Å². The highest BCUT2D eigenvalue weighted by molar-refractivity contribution is 5.40. The minimum atomic E-state index is -4.63. The highest BCUT2D eigenvalue weighted by Gasteiger charge is 2.39. The van der Waals surface area contributed by atoms with Gasteiger partial charge >= 0.3 is 12.0 Å². The fourth-order valence-corrected chi connectivity index (χ4v) is 1.20. The summed E-state index contributed by atoms with van der Waals surface area (Å²) in [6.45, 7) is 0. The number of pyridine rings is 1. The molecule has 0 spiro atoms. The quantitative estimate of drug-likeness (QED) is 0.609. The molecule has 1 aliphatic rings. The zero-order valence-electron chi connectivity index (χ0n) is 8.40. The third-order valence-corrected chi connectivity index (χ3v) is 2.16. The van der Waals surface area contributed by atoms with E-state index in [1.165, 1.54) is 0 Å². The van der Waals surface area contributed by atoms with Gasteiger partial charge in [0.1, 0.15) is 11.3 Å². The van der Waals surface area contributed by atoms with E-state index in [2.05, 4.69) is 4.98 Å². The van der Waals surface area contributed by atoms with Gasteiger partial charge in [0.15, 0.2) is 6.20 Å². The van der Waals surface area contributed by atoms with E-state index in [0.29, 0.717) is 25.1 Å². The monoisotopic (exact) mass is 248 g/mol. The number of hydrogen-bond donors (Lipinski definition) is 0. The van der Waals surface area contributed by atoms with E-state index >= 15 is 0 Å². The number of hydrogen-bond acceptors (Lipinski definition) is 4. The van der Waals surface area contributed by atoms with Crippen LogP contribution in [0.2, 0.25) is 0 Å². The second kappa shape index (κ2) is 3.86. The van der Waals surface area contributed by atoms with Crippen molar-refractivity contribution in [3.63, 3.8) is 0 Å². The number of nitrogens with zero attached hydrogens (tertiary/aromatic N) is 2. The Bertz CT molecular complexity index is 457. The molecule has 1 saturated carbocycles. The standard InChI is InChI=1S/C9H7F3N2O3/c10-9(11,12)6-4-13-8(14(15)16)3-7(6)17-5-1-2-5/h3-5H,1-2H2. The van der Waals surface area contributed by atoms with Gasteiger partial charge in [0.2, 0.25) is 0 Å². The van der Waals surface area contributed by atoms with Crippen LogP contribution < -0.4 is 4.74 Å². The molecule has 0 radical (unpaired) electrons. The molecule has 1 aromatic rings. The molecule has 0 aromatic carbocycles. The van der Waals surface area contributed by atoms with Gasteiger partial charge in [-0.15, -0.1) is 0 Å². The Kier molecular flexibility index (Phi) is 2.64. The zero-order valence-corrected chi connectivity index (χ0v) is 8.40. The van der Waals surface area contributed by atoms with E-state index in [4.69, 9.17) is 4.74 Å². The second-order valence-electron chi connectivity index (χ2n) is 3.61. The fraction of sp³-hybridized carbons (Fsp3) is 0.444. The first-order chi connectivity index (χ1) is 7.88. The van der Waals surface area contributed by atoms with Crippen LogP contribution >= 0.6 is 0 Å². The molecule has 0 amide bonds. The largest absolute Gasteiger partial charge is 0.489 e. The number of aromatic nitrogens is 1. The van der Waals surface area contributed by atoms with Gasteiger partial charge in [0, 0.05) is 0 Å². The molecule has 0 bridgehead atoms. The number of alkyl halides is 3. The van der Waals surface area contributed by atoms with Crippen molar-refractivity contribution in [2.24, 2.45) is 0 Å². The van der Waals surface area contributed by atoms with Crippen LogP contribution in [-0.2, 0) is 6.18 Å². The molecule has 1 aromatic heterocycles. The fourth-order valence-electron chi connectivity index (χ4n) is 1.20. The number of halogens is 3. The Morgan fingerprint density at radius 3 is 2.59 bits per heavy atom. The van der Waals surface area contributed by atoms with Crippen LogP contribution in [0.5, 0.6) is 5.75 Å². The van der Waals surface area contributed by atoms with Gasteiger partial charge in [-0.3, -0.25) is 0 Å². The Morgan fingerprint density at radius 1 is 1.47 bits per heavy atom. The summed E-state index contributed by atoms with van der Waals surface area (Å²) in [5.41, 5.74) is -1.09. The predicted octanol–water partition coefficient (Wildman–Crippen LogP) is 2.55. The van der Waals surface area contributed by atoms with Crippen molar-refractivity contribution in [3.8, 4) is 5.75 Å². The molecule has 0 atom stereocenters. The first-order valence-electron chi connectivity index (χ1n) is 4.76. The van der Waals surface area contributed by atoms with Gasteiger partial charge in [-0.25, -0.2) is 0 Å². The van der Waals surface area contributed by atoms with E-state index in [9.17, 15) is 23.3 Å². The maximum atomic E-state index is 12.6. The number of ether oxygens (including phenoxy) is 1. The second-order valence-corrected chi connectivity index (χ2v) is 3.61. The molecular formula is C9H7F3N2O3. The van der Waals surface area contributed by atoms with Crippen LogP contribution in [-0.4, -0.2) is 16.0 Å². The van der Waals surface area contributed by atoms with Gasteiger partial charge in [-0.2, -0.15) is 13.2 Å². The lowest BCUT2D eigenvalue weighted by atomic mass is 10.2. The maximum Gasteiger partial charge on any atom is 0.423 e. The normalized spacial score (nSPS) is 15.7. The summed E-state index contributed by atoms with van der Waals surface area (Å²) in [5.74, 6) is -1.18. The van der Waals surface area contributed by atoms with Crippen molar-refractivity contribution in [2.75, 3.05) is 0 Å². The Hall–Kier alpha value is -1.86. The highest BCUT2D eigenvalue weighted by atomic mass is 19.4. The smallest absolute Gasteiger partial charge is 0.423 e. The van der Waals surface area contributed by atoms with E-state index < -0.39 is 28.2 Å². The molecule has 0 N–H and O–H groups in total. The lowest BCUT2D eigenvalue weighted by Crippen LogP contribution is -2.11. The van der Waals surface area contributed by atoms with Crippen molar-refractivity contribution in [1.29, 1.82) is 0 Å². The van der Waals surface area contributed by atoms with Crippen LogP contribution in [0.3, 0.4) is 0 Å². The van der Waals surface area contributed by atoms with Crippen molar-refractivity contribution < 1.29 is 22.8 Å². The number of rotatable bonds is 3. The first-order valence-corrected chi connectivity index (χ1v) is 4.76. The lowest BCUT2D eigenvalue weighted by Gasteiger charge is -2.11. The van der Waals surface area contributed by atoms with Crippen molar-refractivity contribution >= 4 is 5.82 Å². The molecule has 0 aliphatic heterocycles. The van der Waals surface area contributed by atoms with E-state index in [1.54, 1.807) is 0 Å². The molecule has 8 heteroatoms. The Labute approximate surface area is 93.4 Å². The molecule has 92 valence electrons. The molecule has 5 nitrogen and oxygen atoms in total. The highest BCUT2D eigenvalue weighted by Crippen LogP contribution is 2.39. The van der Waals surface area contributed by atoms with E-state index in [0.717, 1.165) is 0 Å². The van der Waals surface area contributed by atoms with Crippen molar-refractivity contribution in [2.45, 2.75) is 25.1 Å². The molecule has 2 rings (SSSR count). The first kappa shape index (κ1) is 11.6. The molecule has 1 aliphatic carbocycles. The van der Waals surface area contributed by atoms with E-state index in [1.807, 2.05) is 0 Å². The minimum absolute atomic E-state index is 0.280. The third-order valence-electron chi connectivity index (χ3n) is 2.16. The Balaban J connectivity index is 2.39. The SMILES string of the molecule is O=[N+]([O-])c1cc(OC2CC2)c(C(F)(F)F)cn1. The van der Waals surface area contributed by atoms with Crippen molar-refractivity contribution in [1.82, 2.24) is 4.98 Å². The summed E-state index contributed by atoms with van der Waals surface area (Å²) in [5, 5.41) is 10.4. The van der Waals surface area contributed by atoms with Crippen LogP contribution in [0.15, 0.2) is 12.3 Å². The predicted molar refractivity (Wildman–Crippen MR) is 49.5 cm³/mol. The Morgan fingerprint density at radius 2 is 2.12 bits per heavy atom. The van der Waals surface area contributed by atoms with Gasteiger partial charge in [-0.05, 0) is 22.7 Å². The molecule has 1 heterocycles.